The molecule has 1 N–H and O–H groups in total. The third-order valence-corrected chi connectivity index (χ3v) is 4.76. The van der Waals surface area contributed by atoms with Gasteiger partial charge in [0.1, 0.15) is 5.76 Å². The van der Waals surface area contributed by atoms with Gasteiger partial charge in [0.2, 0.25) is 5.91 Å². The summed E-state index contributed by atoms with van der Waals surface area (Å²) >= 11 is 3.72. The summed E-state index contributed by atoms with van der Waals surface area (Å²) in [7, 11) is 0. The number of halogens is 1. The highest BCUT2D eigenvalue weighted by atomic mass is 127. The molecule has 3 nitrogen and oxygen atoms in total. The third kappa shape index (κ3) is 4.33. The van der Waals surface area contributed by atoms with Gasteiger partial charge in [-0.3, -0.25) is 4.79 Å². The molecule has 0 bridgehead atoms. The SMILES string of the molecule is O=C(C=Cc1ccc(I)o1)NC(c1ccccc1)c1cccs1. The molecule has 23 heavy (non-hydrogen) atoms. The fraction of sp³-hybridized carbons (Fsp3) is 0.0556. The van der Waals surface area contributed by atoms with Crippen LogP contribution in [0.3, 0.4) is 0 Å². The number of furan rings is 1. The summed E-state index contributed by atoms with van der Waals surface area (Å²) in [5.74, 6) is 0.510. The van der Waals surface area contributed by atoms with Gasteiger partial charge in [-0.1, -0.05) is 36.4 Å². The number of hydrogen-bond acceptors (Lipinski definition) is 3. The molecule has 0 aliphatic carbocycles. The number of carbonyl (C=O) groups is 1. The first-order valence-corrected chi connectivity index (χ1v) is 9.00. The van der Waals surface area contributed by atoms with E-state index in [2.05, 4.69) is 27.9 Å². The van der Waals surface area contributed by atoms with Crippen molar-refractivity contribution < 1.29 is 9.21 Å². The minimum atomic E-state index is -0.154. The Bertz CT molecular complexity index is 794. The van der Waals surface area contributed by atoms with E-state index >= 15 is 0 Å². The Labute approximate surface area is 152 Å². The lowest BCUT2D eigenvalue weighted by Crippen LogP contribution is -2.27. The first kappa shape index (κ1) is 16.0. The molecule has 2 aromatic heterocycles. The topological polar surface area (TPSA) is 42.2 Å². The Kier molecular flexibility index (Phi) is 5.30. The van der Waals surface area contributed by atoms with E-state index in [1.165, 1.54) is 6.08 Å². The van der Waals surface area contributed by atoms with E-state index in [0.29, 0.717) is 5.76 Å². The Morgan fingerprint density at radius 3 is 2.61 bits per heavy atom. The number of carbonyl (C=O) groups excluding carboxylic acids is 1. The molecule has 1 amide bonds. The molecule has 1 aromatic carbocycles. The highest BCUT2D eigenvalue weighted by Gasteiger charge is 2.16. The number of benzene rings is 1. The Morgan fingerprint density at radius 2 is 1.96 bits per heavy atom. The normalized spacial score (nSPS) is 12.4. The van der Waals surface area contributed by atoms with Gasteiger partial charge in [0.05, 0.1) is 6.04 Å². The second kappa shape index (κ2) is 7.61. The van der Waals surface area contributed by atoms with Crippen LogP contribution >= 0.6 is 33.9 Å². The number of nitrogens with one attached hydrogen (secondary N) is 1. The van der Waals surface area contributed by atoms with Gasteiger partial charge >= 0.3 is 0 Å². The van der Waals surface area contributed by atoms with Crippen LogP contribution in [0.5, 0.6) is 0 Å². The molecule has 0 aliphatic rings. The standard InChI is InChI=1S/C18H14INO2S/c19-16-10-8-14(22-16)9-11-17(21)20-18(15-7-4-12-23-15)13-5-2-1-3-6-13/h1-12,18H,(H,20,21). The summed E-state index contributed by atoms with van der Waals surface area (Å²) in [6.45, 7) is 0. The average molecular weight is 435 g/mol. The van der Waals surface area contributed by atoms with Crippen molar-refractivity contribution >= 4 is 45.9 Å². The predicted molar refractivity (Wildman–Crippen MR) is 101 cm³/mol. The highest BCUT2D eigenvalue weighted by molar-refractivity contribution is 14.1. The van der Waals surface area contributed by atoms with Gasteiger partial charge in [-0.15, -0.1) is 11.3 Å². The van der Waals surface area contributed by atoms with E-state index in [9.17, 15) is 4.79 Å². The molecular formula is C18H14INO2S. The molecule has 2 heterocycles. The fourth-order valence-electron chi connectivity index (χ4n) is 2.19. The Morgan fingerprint density at radius 1 is 1.13 bits per heavy atom. The number of hydrogen-bond donors (Lipinski definition) is 1. The highest BCUT2D eigenvalue weighted by Crippen LogP contribution is 2.25. The molecule has 0 spiro atoms. The zero-order chi connectivity index (χ0) is 16.1. The Balaban J connectivity index is 1.76. The lowest BCUT2D eigenvalue weighted by atomic mass is 10.1. The largest absolute Gasteiger partial charge is 0.451 e. The lowest BCUT2D eigenvalue weighted by molar-refractivity contribution is -0.116. The van der Waals surface area contributed by atoms with Crippen molar-refractivity contribution in [2.24, 2.45) is 0 Å². The number of amides is 1. The maximum absolute atomic E-state index is 12.3. The maximum atomic E-state index is 12.3. The molecule has 116 valence electrons. The van der Waals surface area contributed by atoms with E-state index in [4.69, 9.17) is 4.42 Å². The van der Waals surface area contributed by atoms with E-state index in [1.807, 2.05) is 60.0 Å². The minimum absolute atomic E-state index is 0.148. The summed E-state index contributed by atoms with van der Waals surface area (Å²) in [6, 6.07) is 17.5. The van der Waals surface area contributed by atoms with Crippen molar-refractivity contribution in [1.29, 1.82) is 0 Å². The lowest BCUT2D eigenvalue weighted by Gasteiger charge is -2.17. The first-order chi connectivity index (χ1) is 11.2. The zero-order valence-corrected chi connectivity index (χ0v) is 15.1. The smallest absolute Gasteiger partial charge is 0.244 e. The van der Waals surface area contributed by atoms with Crippen LogP contribution in [0.15, 0.2) is 70.5 Å². The van der Waals surface area contributed by atoms with Gasteiger partial charge in [0.25, 0.3) is 0 Å². The van der Waals surface area contributed by atoms with Gasteiger partial charge < -0.3 is 9.73 Å². The molecule has 0 saturated carbocycles. The van der Waals surface area contributed by atoms with Crippen LogP contribution in [0, 0.1) is 3.77 Å². The van der Waals surface area contributed by atoms with Crippen LogP contribution in [-0.4, -0.2) is 5.91 Å². The van der Waals surface area contributed by atoms with Crippen LogP contribution in [0.25, 0.3) is 6.08 Å². The van der Waals surface area contributed by atoms with Crippen molar-refractivity contribution in [1.82, 2.24) is 5.32 Å². The maximum Gasteiger partial charge on any atom is 0.244 e. The van der Waals surface area contributed by atoms with Crippen molar-refractivity contribution in [2.45, 2.75) is 6.04 Å². The van der Waals surface area contributed by atoms with E-state index < -0.39 is 0 Å². The quantitative estimate of drug-likeness (QED) is 0.459. The van der Waals surface area contributed by atoms with E-state index in [0.717, 1.165) is 14.2 Å². The average Bonchev–Trinajstić information content (AvgIpc) is 3.23. The minimum Gasteiger partial charge on any atom is -0.451 e. The summed E-state index contributed by atoms with van der Waals surface area (Å²) < 4.78 is 6.21. The molecule has 0 fully saturated rings. The molecule has 5 heteroatoms. The second-order valence-electron chi connectivity index (χ2n) is 4.84. The number of thiophene rings is 1. The second-order valence-corrected chi connectivity index (χ2v) is 6.89. The van der Waals surface area contributed by atoms with Gasteiger partial charge in [-0.25, -0.2) is 0 Å². The molecule has 3 aromatic rings. The van der Waals surface area contributed by atoms with Crippen LogP contribution < -0.4 is 5.32 Å². The van der Waals surface area contributed by atoms with Crippen LogP contribution in [0.1, 0.15) is 22.2 Å². The van der Waals surface area contributed by atoms with Crippen LogP contribution in [-0.2, 0) is 4.79 Å². The third-order valence-electron chi connectivity index (χ3n) is 3.24. The fourth-order valence-corrected chi connectivity index (χ4v) is 3.42. The van der Waals surface area contributed by atoms with E-state index in [1.54, 1.807) is 17.4 Å². The predicted octanol–water partition coefficient (Wildman–Crippen LogP) is 4.86. The van der Waals surface area contributed by atoms with Gasteiger partial charge in [0, 0.05) is 11.0 Å². The summed E-state index contributed by atoms with van der Waals surface area (Å²) in [6.07, 6.45) is 3.17. The van der Waals surface area contributed by atoms with E-state index in [-0.39, 0.29) is 11.9 Å². The van der Waals surface area contributed by atoms with Crippen LogP contribution in [0.4, 0.5) is 0 Å². The van der Waals surface area contributed by atoms with Crippen molar-refractivity contribution in [3.8, 4) is 0 Å². The summed E-state index contributed by atoms with van der Waals surface area (Å²) in [4.78, 5) is 13.4. The first-order valence-electron chi connectivity index (χ1n) is 7.04. The number of rotatable bonds is 5. The molecule has 0 radical (unpaired) electrons. The van der Waals surface area contributed by atoms with Gasteiger partial charge in [-0.05, 0) is 57.8 Å². The molecule has 0 aliphatic heterocycles. The summed E-state index contributed by atoms with van der Waals surface area (Å²) in [5.41, 5.74) is 1.06. The van der Waals surface area contributed by atoms with Crippen molar-refractivity contribution in [3.05, 3.63) is 86.0 Å². The molecule has 1 unspecified atom stereocenters. The van der Waals surface area contributed by atoms with Crippen molar-refractivity contribution in [3.63, 3.8) is 0 Å². The molecule has 0 saturated heterocycles. The van der Waals surface area contributed by atoms with Crippen molar-refractivity contribution in [2.75, 3.05) is 0 Å². The summed E-state index contributed by atoms with van der Waals surface area (Å²) in [5, 5.41) is 5.07. The molecular weight excluding hydrogens is 421 g/mol. The van der Waals surface area contributed by atoms with Gasteiger partial charge in [0.15, 0.2) is 3.77 Å². The monoisotopic (exact) mass is 435 g/mol. The molecule has 1 atom stereocenters. The van der Waals surface area contributed by atoms with Gasteiger partial charge in [-0.2, -0.15) is 0 Å². The zero-order valence-electron chi connectivity index (χ0n) is 12.1. The molecule has 3 rings (SSSR count). The Hall–Kier alpha value is -1.86. The van der Waals surface area contributed by atoms with Crippen LogP contribution in [0.2, 0.25) is 0 Å².